The molecule has 1 aromatic carbocycles. The van der Waals surface area contributed by atoms with Gasteiger partial charge in [0, 0.05) is 0 Å². The number of imide groups is 1. The molecule has 2 rings (SSSR count). The quantitative estimate of drug-likeness (QED) is 0.673. The largest absolute Gasteiger partial charge is 0.333 e. The summed E-state index contributed by atoms with van der Waals surface area (Å²) in [5.74, 6) is -0.254. The van der Waals surface area contributed by atoms with Crippen molar-refractivity contribution in [1.29, 1.82) is 0 Å². The fourth-order valence-electron chi connectivity index (χ4n) is 1.99. The predicted molar refractivity (Wildman–Crippen MR) is 77.5 cm³/mol. The molecular weight excluding hydrogens is 262 g/mol. The van der Waals surface area contributed by atoms with Gasteiger partial charge in [-0.15, -0.1) is 0 Å². The van der Waals surface area contributed by atoms with E-state index in [1.54, 1.807) is 0 Å². The topological polar surface area (TPSA) is 49.4 Å². The zero-order chi connectivity index (χ0) is 14.0. The van der Waals surface area contributed by atoms with Crippen LogP contribution in [0.5, 0.6) is 0 Å². The summed E-state index contributed by atoms with van der Waals surface area (Å²) in [4.78, 5) is 25.2. The first-order chi connectivity index (χ1) is 8.90. The Labute approximate surface area is 117 Å². The van der Waals surface area contributed by atoms with Gasteiger partial charge in [0.2, 0.25) is 5.91 Å². The van der Waals surface area contributed by atoms with Gasteiger partial charge < -0.3 is 5.32 Å². The van der Waals surface area contributed by atoms with Crippen LogP contribution in [-0.2, 0) is 4.79 Å². The summed E-state index contributed by atoms with van der Waals surface area (Å²) in [6, 6.07) is 9.29. The van der Waals surface area contributed by atoms with Crippen LogP contribution < -0.4 is 9.80 Å². The molecule has 1 aromatic rings. The van der Waals surface area contributed by atoms with Gasteiger partial charge in [0.05, 0.1) is 25.5 Å². The van der Waals surface area contributed by atoms with Crippen LogP contribution in [0, 0.1) is 0 Å². The number of hydrogen-bond acceptors (Lipinski definition) is 3. The van der Waals surface area contributed by atoms with Gasteiger partial charge in [-0.1, -0.05) is 30.4 Å². The van der Waals surface area contributed by atoms with Gasteiger partial charge in [-0.05, 0) is 12.1 Å². The molecule has 1 saturated heterocycles. The summed E-state index contributed by atoms with van der Waals surface area (Å²) >= 11 is 4.86. The van der Waals surface area contributed by atoms with Crippen molar-refractivity contribution >= 4 is 34.8 Å². The average Bonchev–Trinajstić information content (AvgIpc) is 2.35. The van der Waals surface area contributed by atoms with Crippen LogP contribution in [0.3, 0.4) is 0 Å². The minimum atomic E-state index is -0.441. The lowest BCUT2D eigenvalue weighted by Gasteiger charge is -2.35. The fourth-order valence-corrected chi connectivity index (χ4v) is 2.20. The molecule has 0 spiro atoms. The molecule has 19 heavy (non-hydrogen) atoms. The Hall–Kier alpha value is -1.79. The van der Waals surface area contributed by atoms with Crippen LogP contribution >= 0.6 is 12.2 Å². The zero-order valence-corrected chi connectivity index (χ0v) is 11.7. The molecule has 6 heteroatoms. The fraction of sp³-hybridized carbons (Fsp3) is 0.308. The van der Waals surface area contributed by atoms with Crippen molar-refractivity contribution in [2.75, 3.05) is 20.8 Å². The smallest absolute Gasteiger partial charge is 0.301 e. The number of quaternary nitrogens is 1. The van der Waals surface area contributed by atoms with E-state index in [2.05, 4.69) is 5.32 Å². The number of hydrogen-bond donors (Lipinski definition) is 1. The summed E-state index contributed by atoms with van der Waals surface area (Å²) in [7, 11) is 3.89. The molecule has 0 unspecified atom stereocenters. The van der Waals surface area contributed by atoms with E-state index in [9.17, 15) is 9.59 Å². The van der Waals surface area contributed by atoms with E-state index in [0.29, 0.717) is 4.48 Å². The molecule has 1 heterocycles. The Morgan fingerprint density at radius 2 is 1.89 bits per heavy atom. The van der Waals surface area contributed by atoms with Crippen LogP contribution in [0.25, 0.3) is 0 Å². The minimum absolute atomic E-state index is 0.0931. The van der Waals surface area contributed by atoms with Crippen molar-refractivity contribution in [3.63, 3.8) is 0 Å². The molecule has 5 nitrogen and oxygen atoms in total. The van der Waals surface area contributed by atoms with Gasteiger partial charge in [-0.3, -0.25) is 9.28 Å². The Morgan fingerprint density at radius 1 is 1.26 bits per heavy atom. The third-order valence-corrected chi connectivity index (χ3v) is 3.30. The molecule has 1 aliphatic rings. The number of para-hydroxylation sites is 1. The zero-order valence-electron chi connectivity index (χ0n) is 10.9. The van der Waals surface area contributed by atoms with E-state index in [-0.39, 0.29) is 24.0 Å². The number of amides is 3. The molecule has 0 aliphatic carbocycles. The van der Waals surface area contributed by atoms with Crippen molar-refractivity contribution in [1.82, 2.24) is 14.7 Å². The van der Waals surface area contributed by atoms with Gasteiger partial charge in [0.15, 0.2) is 6.67 Å². The Balaban J connectivity index is 2.18. The molecule has 1 N–H and O–H groups in total. The molecule has 0 radical (unpaired) electrons. The Bertz CT molecular complexity index is 508. The van der Waals surface area contributed by atoms with Crippen molar-refractivity contribution in [2.24, 2.45) is 0 Å². The first kappa shape index (κ1) is 13.6. The van der Waals surface area contributed by atoms with E-state index in [1.165, 1.54) is 4.90 Å². The lowest BCUT2D eigenvalue weighted by molar-refractivity contribution is -0.128. The Morgan fingerprint density at radius 3 is 2.47 bits per heavy atom. The van der Waals surface area contributed by atoms with E-state index in [1.807, 2.05) is 44.4 Å². The summed E-state index contributed by atoms with van der Waals surface area (Å²) in [6.45, 7) is 0.275. The molecule has 100 valence electrons. The minimum Gasteiger partial charge on any atom is -0.301 e. The van der Waals surface area contributed by atoms with Crippen LogP contribution in [0.1, 0.15) is 6.42 Å². The van der Waals surface area contributed by atoms with Crippen LogP contribution in [0.4, 0.5) is 10.5 Å². The highest BCUT2D eigenvalue weighted by Gasteiger charge is 2.34. The number of carbonyl (C=O) groups excluding carboxylic acids is 2. The van der Waals surface area contributed by atoms with E-state index in [4.69, 9.17) is 12.2 Å². The van der Waals surface area contributed by atoms with Crippen molar-refractivity contribution < 1.29 is 9.59 Å². The molecule has 0 bridgehead atoms. The number of carbonyl (C=O) groups is 2. The predicted octanol–water partition coefficient (Wildman–Crippen LogP) is 1.48. The third kappa shape index (κ3) is 2.97. The normalized spacial score (nSPS) is 16.5. The van der Waals surface area contributed by atoms with Crippen molar-refractivity contribution in [3.05, 3.63) is 30.3 Å². The van der Waals surface area contributed by atoms with Gasteiger partial charge in [-0.2, -0.15) is 0 Å². The Kier molecular flexibility index (Phi) is 3.64. The number of nitrogens with one attached hydrogen (secondary N) is 1. The van der Waals surface area contributed by atoms with Crippen LogP contribution in [-0.4, -0.2) is 42.6 Å². The summed E-state index contributed by atoms with van der Waals surface area (Å²) in [5, 5.41) is 2.52. The van der Waals surface area contributed by atoms with E-state index < -0.39 is 6.03 Å². The second-order valence-corrected chi connectivity index (χ2v) is 5.51. The summed E-state index contributed by atoms with van der Waals surface area (Å²) in [5.41, 5.74) is 1.02. The second kappa shape index (κ2) is 5.07. The van der Waals surface area contributed by atoms with Gasteiger partial charge in [0.1, 0.15) is 5.69 Å². The molecular formula is C13H16N3O2S+. The number of rotatable bonds is 3. The molecule has 0 aromatic heterocycles. The number of thiocarbonyl (C=S) groups is 1. The second-order valence-electron chi connectivity index (χ2n) is 5.01. The highest BCUT2D eigenvalue weighted by Crippen LogP contribution is 2.19. The van der Waals surface area contributed by atoms with Crippen molar-refractivity contribution in [3.8, 4) is 0 Å². The highest BCUT2D eigenvalue weighted by molar-refractivity contribution is 7.80. The molecule has 3 amide bonds. The third-order valence-electron chi connectivity index (χ3n) is 3.05. The van der Waals surface area contributed by atoms with Crippen LogP contribution in [0.15, 0.2) is 30.3 Å². The standard InChI is InChI=1S/C13H15N3O2S/c1-16(2,10-6-4-3-5-7-10)9-15-12(17)8-11(19)14-13(15)18/h3-7H,8-9H2,1-2H3/p+1. The maximum absolute atomic E-state index is 11.9. The first-order valence-electron chi connectivity index (χ1n) is 5.93. The lowest BCUT2D eigenvalue weighted by atomic mass is 10.2. The number of nitrogens with zero attached hydrogens (tertiary/aromatic N) is 2. The highest BCUT2D eigenvalue weighted by atomic mass is 32.1. The molecule has 1 aliphatic heterocycles. The SMILES string of the molecule is C[N+](C)(CN1C(=O)CC(=S)NC1=O)c1ccccc1. The number of benzene rings is 1. The summed E-state index contributed by atoms with van der Waals surface area (Å²) < 4.78 is 0.409. The van der Waals surface area contributed by atoms with Crippen molar-refractivity contribution in [2.45, 2.75) is 6.42 Å². The maximum atomic E-state index is 11.9. The molecule has 1 fully saturated rings. The maximum Gasteiger partial charge on any atom is 0.333 e. The molecule has 0 atom stereocenters. The van der Waals surface area contributed by atoms with E-state index in [0.717, 1.165) is 5.69 Å². The van der Waals surface area contributed by atoms with Gasteiger partial charge in [-0.25, -0.2) is 9.69 Å². The van der Waals surface area contributed by atoms with E-state index >= 15 is 0 Å². The molecule has 0 saturated carbocycles. The monoisotopic (exact) mass is 278 g/mol. The van der Waals surface area contributed by atoms with Crippen LogP contribution in [0.2, 0.25) is 0 Å². The van der Waals surface area contributed by atoms with Gasteiger partial charge >= 0.3 is 6.03 Å². The first-order valence-corrected chi connectivity index (χ1v) is 6.34. The number of urea groups is 1. The lowest BCUT2D eigenvalue weighted by Crippen LogP contribution is -2.59. The average molecular weight is 278 g/mol. The van der Waals surface area contributed by atoms with Gasteiger partial charge in [0.25, 0.3) is 0 Å². The summed E-state index contributed by atoms with van der Waals surface area (Å²) in [6.07, 6.45) is 0.0931.